The van der Waals surface area contributed by atoms with Crippen molar-refractivity contribution in [2.24, 2.45) is 0 Å². The van der Waals surface area contributed by atoms with Crippen molar-refractivity contribution in [3.63, 3.8) is 0 Å². The fourth-order valence-corrected chi connectivity index (χ4v) is 5.85. The molecule has 11 nitrogen and oxygen atoms in total. The highest BCUT2D eigenvalue weighted by atomic mass is 16.6. The van der Waals surface area contributed by atoms with Crippen molar-refractivity contribution >= 4 is 53.4 Å². The lowest BCUT2D eigenvalue weighted by Gasteiger charge is -2.22. The van der Waals surface area contributed by atoms with E-state index in [1.165, 1.54) is 12.1 Å². The van der Waals surface area contributed by atoms with E-state index in [0.717, 1.165) is 22.3 Å². The van der Waals surface area contributed by atoms with Crippen molar-refractivity contribution in [3.05, 3.63) is 120 Å². The van der Waals surface area contributed by atoms with Gasteiger partial charge in [-0.15, -0.1) is 0 Å². The van der Waals surface area contributed by atoms with Crippen LogP contribution in [0.4, 0.5) is 21.9 Å². The van der Waals surface area contributed by atoms with Crippen LogP contribution in [0.5, 0.6) is 0 Å². The molecular formula is C40H40N4O7. The number of esters is 1. The van der Waals surface area contributed by atoms with E-state index in [9.17, 15) is 24.0 Å². The summed E-state index contributed by atoms with van der Waals surface area (Å²) >= 11 is 0. The molecule has 0 saturated carbocycles. The number of anilines is 3. The average molecular weight is 689 g/mol. The monoisotopic (exact) mass is 688 g/mol. The zero-order valence-corrected chi connectivity index (χ0v) is 28.7. The zero-order valence-electron chi connectivity index (χ0n) is 28.7. The van der Waals surface area contributed by atoms with E-state index in [4.69, 9.17) is 9.47 Å². The summed E-state index contributed by atoms with van der Waals surface area (Å²) in [5.74, 6) is -1.66. The number of carbonyl (C=O) groups is 5. The van der Waals surface area contributed by atoms with Gasteiger partial charge in [-0.3, -0.25) is 19.2 Å². The summed E-state index contributed by atoms with van der Waals surface area (Å²) < 4.78 is 11.1. The lowest BCUT2D eigenvalue weighted by atomic mass is 9.98. The molecule has 51 heavy (non-hydrogen) atoms. The van der Waals surface area contributed by atoms with Crippen molar-refractivity contribution in [2.75, 3.05) is 22.6 Å². The number of ether oxygens (including phenoxy) is 2. The van der Waals surface area contributed by atoms with Crippen molar-refractivity contribution in [3.8, 4) is 11.1 Å². The van der Waals surface area contributed by atoms with Crippen LogP contribution in [-0.2, 0) is 23.9 Å². The Bertz CT molecular complexity index is 1900. The maximum Gasteiger partial charge on any atom is 0.407 e. The van der Waals surface area contributed by atoms with E-state index in [0.29, 0.717) is 34.6 Å². The van der Waals surface area contributed by atoms with Gasteiger partial charge in [0.15, 0.2) is 0 Å². The third-order valence-electron chi connectivity index (χ3n) is 8.17. The molecule has 4 N–H and O–H groups in total. The Morgan fingerprint density at radius 1 is 0.843 bits per heavy atom. The van der Waals surface area contributed by atoms with Gasteiger partial charge in [-0.05, 0) is 97.5 Å². The molecule has 0 aliphatic heterocycles. The maximum absolute atomic E-state index is 13.5. The molecule has 0 heterocycles. The van der Waals surface area contributed by atoms with Crippen molar-refractivity contribution in [1.29, 1.82) is 0 Å². The second kappa shape index (κ2) is 16.0. The molecular weight excluding hydrogens is 648 g/mol. The molecule has 0 radical (unpaired) electrons. The number of fused-ring (bicyclic) bond motifs is 3. The molecule has 1 aliphatic carbocycles. The fraction of sp³-hybridized carbons (Fsp3) is 0.225. The fourth-order valence-electron chi connectivity index (χ4n) is 5.85. The summed E-state index contributed by atoms with van der Waals surface area (Å²) in [5, 5.41) is 10.7. The highest BCUT2D eigenvalue weighted by molar-refractivity contribution is 6.05. The molecule has 5 rings (SSSR count). The normalized spacial score (nSPS) is 12.4. The van der Waals surface area contributed by atoms with Crippen molar-refractivity contribution in [2.45, 2.75) is 51.2 Å². The van der Waals surface area contributed by atoms with Crippen molar-refractivity contribution < 1.29 is 33.4 Å². The zero-order chi connectivity index (χ0) is 36.5. The Labute approximate surface area is 296 Å². The molecule has 4 amide bonds. The third kappa shape index (κ3) is 9.27. The minimum absolute atomic E-state index is 0.0424. The summed E-state index contributed by atoms with van der Waals surface area (Å²) in [4.78, 5) is 62.9. The predicted molar refractivity (Wildman–Crippen MR) is 196 cm³/mol. The van der Waals surface area contributed by atoms with Gasteiger partial charge in [-0.25, -0.2) is 4.79 Å². The lowest BCUT2D eigenvalue weighted by molar-refractivity contribution is -0.155. The molecule has 1 aliphatic rings. The Hall–Kier alpha value is -6.23. The number of rotatable bonds is 13. The SMILES string of the molecule is C=Cc1cc(NC(=O)c2ccc(NC(=O)[C@H](CCC(=O)OC(C)(C)C)NC(=O)OCC3c4ccccc4-c4ccccc43)cc2)ccc1NC=O. The van der Waals surface area contributed by atoms with Crippen LogP contribution >= 0.6 is 0 Å². The largest absolute Gasteiger partial charge is 0.460 e. The number of benzene rings is 4. The van der Waals surface area contributed by atoms with Gasteiger partial charge in [0, 0.05) is 35.0 Å². The van der Waals surface area contributed by atoms with E-state index >= 15 is 0 Å². The minimum atomic E-state index is -1.13. The summed E-state index contributed by atoms with van der Waals surface area (Å²) in [6.07, 6.45) is 1.14. The second-order valence-electron chi connectivity index (χ2n) is 12.9. The molecule has 1 atom stereocenters. The van der Waals surface area contributed by atoms with Gasteiger partial charge in [0.2, 0.25) is 12.3 Å². The van der Waals surface area contributed by atoms with Gasteiger partial charge in [0.05, 0.1) is 0 Å². The molecule has 0 aromatic heterocycles. The summed E-state index contributed by atoms with van der Waals surface area (Å²) in [6.45, 7) is 9.02. The summed E-state index contributed by atoms with van der Waals surface area (Å²) in [5.41, 5.74) is 5.93. The Balaban J connectivity index is 1.23. The Kier molecular flexibility index (Phi) is 11.3. The first-order valence-electron chi connectivity index (χ1n) is 16.5. The number of hydrogen-bond donors (Lipinski definition) is 4. The highest BCUT2D eigenvalue weighted by Crippen LogP contribution is 2.44. The van der Waals surface area contributed by atoms with Gasteiger partial charge < -0.3 is 30.7 Å². The van der Waals surface area contributed by atoms with E-state index in [2.05, 4.69) is 27.8 Å². The van der Waals surface area contributed by atoms with Crippen LogP contribution in [0.25, 0.3) is 17.2 Å². The van der Waals surface area contributed by atoms with Gasteiger partial charge in [0.25, 0.3) is 5.91 Å². The van der Waals surface area contributed by atoms with Crippen LogP contribution in [0, 0.1) is 0 Å². The standard InChI is InChI=1S/C40H40N4O7/c1-5-25-22-28(18-19-34(25)41-24-45)43-37(47)26-14-16-27(17-15-26)42-38(48)35(20-21-36(46)51-40(2,3)4)44-39(49)50-23-33-31-12-8-6-10-29(31)30-11-7-9-13-32(30)33/h5-19,22,24,33,35H,1,20-21,23H2,2-4H3,(H,41,45)(H,42,48)(H,43,47)(H,44,49)/t35-/m0/s1. The molecule has 11 heteroatoms. The predicted octanol–water partition coefficient (Wildman–Crippen LogP) is 7.12. The highest BCUT2D eigenvalue weighted by Gasteiger charge is 2.30. The molecule has 4 aromatic rings. The first kappa shape index (κ1) is 36.1. The lowest BCUT2D eigenvalue weighted by Crippen LogP contribution is -2.44. The number of hydrogen-bond acceptors (Lipinski definition) is 7. The van der Waals surface area contributed by atoms with E-state index in [-0.39, 0.29) is 25.4 Å². The molecule has 4 aromatic carbocycles. The van der Waals surface area contributed by atoms with Crippen LogP contribution in [0.3, 0.4) is 0 Å². The van der Waals surface area contributed by atoms with Crippen LogP contribution in [0.2, 0.25) is 0 Å². The third-order valence-corrected chi connectivity index (χ3v) is 8.17. The maximum atomic E-state index is 13.5. The molecule has 0 fully saturated rings. The van der Waals surface area contributed by atoms with Gasteiger partial charge in [-0.2, -0.15) is 0 Å². The van der Waals surface area contributed by atoms with E-state index in [1.807, 2.05) is 48.5 Å². The van der Waals surface area contributed by atoms with Gasteiger partial charge in [-0.1, -0.05) is 61.2 Å². The molecule has 0 bridgehead atoms. The number of carbonyl (C=O) groups excluding carboxylic acids is 5. The summed E-state index contributed by atoms with van der Waals surface area (Å²) in [6, 6.07) is 25.9. The number of amides is 4. The summed E-state index contributed by atoms with van der Waals surface area (Å²) in [7, 11) is 0. The second-order valence-corrected chi connectivity index (χ2v) is 12.9. The van der Waals surface area contributed by atoms with Crippen LogP contribution in [0.15, 0.2) is 97.6 Å². The molecule has 0 spiro atoms. The van der Waals surface area contributed by atoms with E-state index in [1.54, 1.807) is 57.2 Å². The first-order chi connectivity index (χ1) is 24.5. The molecule has 0 saturated heterocycles. The minimum Gasteiger partial charge on any atom is -0.460 e. The molecule has 0 unspecified atom stereocenters. The van der Waals surface area contributed by atoms with Crippen molar-refractivity contribution in [1.82, 2.24) is 5.32 Å². The average Bonchev–Trinajstić information content (AvgIpc) is 3.42. The number of alkyl carbamates (subject to hydrolysis) is 1. The van der Waals surface area contributed by atoms with Gasteiger partial charge >= 0.3 is 12.1 Å². The Morgan fingerprint density at radius 3 is 2.08 bits per heavy atom. The number of nitrogens with one attached hydrogen (secondary N) is 4. The van der Waals surface area contributed by atoms with E-state index < -0.39 is 35.5 Å². The first-order valence-corrected chi connectivity index (χ1v) is 16.5. The topological polar surface area (TPSA) is 152 Å². The van der Waals surface area contributed by atoms with Crippen LogP contribution < -0.4 is 21.3 Å². The van der Waals surface area contributed by atoms with Gasteiger partial charge in [0.1, 0.15) is 18.2 Å². The Morgan fingerprint density at radius 2 is 1.47 bits per heavy atom. The quantitative estimate of drug-likeness (QED) is 0.0863. The smallest absolute Gasteiger partial charge is 0.407 e. The molecule has 262 valence electrons. The van der Waals surface area contributed by atoms with Crippen LogP contribution in [0.1, 0.15) is 66.6 Å². The van der Waals surface area contributed by atoms with Crippen LogP contribution in [-0.4, -0.2) is 48.5 Å².